The zero-order valence-electron chi connectivity index (χ0n) is 7.46. The van der Waals surface area contributed by atoms with E-state index >= 15 is 0 Å². The molecule has 0 aromatic heterocycles. The summed E-state index contributed by atoms with van der Waals surface area (Å²) in [7, 11) is 5.30. The van der Waals surface area contributed by atoms with Gasteiger partial charge in [-0.05, 0) is 6.42 Å². The molecule has 0 atom stereocenters. The number of carboxylic acids is 1. The van der Waals surface area contributed by atoms with Crippen molar-refractivity contribution in [1.82, 2.24) is 0 Å². The van der Waals surface area contributed by atoms with Crippen LogP contribution in [0, 0.1) is 0 Å². The number of carbonyl (C=O) groups is 1. The molecule has 0 aliphatic rings. The van der Waals surface area contributed by atoms with Crippen molar-refractivity contribution < 1.29 is 42.6 Å². The third-order valence-corrected chi connectivity index (χ3v) is 1.59. The molecular formula is C8H15BO2Y. The number of aliphatic carboxylic acids is 1. The second kappa shape index (κ2) is 11.6. The van der Waals surface area contributed by atoms with Crippen LogP contribution in [-0.2, 0) is 37.5 Å². The summed E-state index contributed by atoms with van der Waals surface area (Å²) < 4.78 is 0. The molecule has 0 bridgehead atoms. The van der Waals surface area contributed by atoms with Gasteiger partial charge in [-0.25, -0.2) is 0 Å². The summed E-state index contributed by atoms with van der Waals surface area (Å²) in [4.78, 5) is 10.1. The molecule has 0 saturated heterocycles. The molecule has 0 unspecified atom stereocenters. The van der Waals surface area contributed by atoms with Gasteiger partial charge in [0.25, 0.3) is 0 Å². The summed E-state index contributed by atoms with van der Waals surface area (Å²) in [5, 5.41) is 8.30. The van der Waals surface area contributed by atoms with Gasteiger partial charge in [-0.1, -0.05) is 32.0 Å². The van der Waals surface area contributed by atoms with Crippen molar-refractivity contribution in [3.8, 4) is 0 Å². The third-order valence-electron chi connectivity index (χ3n) is 1.59. The van der Waals surface area contributed by atoms with Gasteiger partial charge in [-0.15, -0.1) is 0 Å². The topological polar surface area (TPSA) is 37.3 Å². The molecule has 0 saturated carbocycles. The molecule has 0 fully saturated rings. The smallest absolute Gasteiger partial charge is 0.303 e. The van der Waals surface area contributed by atoms with E-state index in [1.807, 2.05) is 0 Å². The Kier molecular flexibility index (Phi) is 14.7. The molecule has 12 heavy (non-hydrogen) atoms. The summed E-state index contributed by atoms with van der Waals surface area (Å²) in [5.41, 5.74) is 0. The zero-order valence-corrected chi connectivity index (χ0v) is 10.3. The van der Waals surface area contributed by atoms with Gasteiger partial charge in [0.15, 0.2) is 0 Å². The summed E-state index contributed by atoms with van der Waals surface area (Å²) in [5.74, 6) is -0.691. The average Bonchev–Trinajstić information content (AvgIpc) is 1.96. The quantitative estimate of drug-likeness (QED) is 0.548. The van der Waals surface area contributed by atoms with Gasteiger partial charge in [-0.2, -0.15) is 0 Å². The fourth-order valence-electron chi connectivity index (χ4n) is 0.951. The molecule has 0 rings (SSSR count). The summed E-state index contributed by atoms with van der Waals surface area (Å²) in [6.45, 7) is 0. The summed E-state index contributed by atoms with van der Waals surface area (Å²) in [6, 6.07) is 0. The standard InChI is InChI=1S/C8H15BO2.Y/c9-7-5-3-1-2-4-6-8(10)11;/h1-7H2,(H,10,11);. The van der Waals surface area contributed by atoms with Crippen molar-refractivity contribution in [3.63, 3.8) is 0 Å². The van der Waals surface area contributed by atoms with Gasteiger partial charge in [0.2, 0.25) is 0 Å². The van der Waals surface area contributed by atoms with Crippen molar-refractivity contribution >= 4 is 13.8 Å². The van der Waals surface area contributed by atoms with Crippen molar-refractivity contribution in [3.05, 3.63) is 0 Å². The number of hydrogen-bond acceptors (Lipinski definition) is 1. The Balaban J connectivity index is 0. The summed E-state index contributed by atoms with van der Waals surface area (Å²) in [6.07, 6.45) is 6.20. The van der Waals surface area contributed by atoms with E-state index in [1.54, 1.807) is 0 Å². The Morgan fingerprint density at radius 2 is 1.58 bits per heavy atom. The second-order valence-corrected chi connectivity index (χ2v) is 2.70. The first kappa shape index (κ1) is 15.1. The predicted octanol–water partition coefficient (Wildman–Crippen LogP) is 2.00. The van der Waals surface area contributed by atoms with E-state index in [-0.39, 0.29) is 32.7 Å². The van der Waals surface area contributed by atoms with E-state index in [0.717, 1.165) is 38.4 Å². The fourth-order valence-corrected chi connectivity index (χ4v) is 0.951. The van der Waals surface area contributed by atoms with Crippen LogP contribution in [0.3, 0.4) is 0 Å². The van der Waals surface area contributed by atoms with E-state index in [9.17, 15) is 4.79 Å². The molecule has 2 nitrogen and oxygen atoms in total. The van der Waals surface area contributed by atoms with Crippen LogP contribution in [0.25, 0.3) is 0 Å². The van der Waals surface area contributed by atoms with Gasteiger partial charge in [0.05, 0.1) is 7.85 Å². The van der Waals surface area contributed by atoms with E-state index in [2.05, 4.69) is 0 Å². The van der Waals surface area contributed by atoms with Gasteiger partial charge >= 0.3 is 5.97 Å². The molecule has 3 radical (unpaired) electrons. The molecule has 0 heterocycles. The molecule has 0 aromatic carbocycles. The van der Waals surface area contributed by atoms with Gasteiger partial charge in [0, 0.05) is 39.1 Å². The molecule has 0 aliphatic heterocycles. The molecule has 0 aromatic rings. The molecule has 0 amide bonds. The first-order chi connectivity index (χ1) is 5.27. The van der Waals surface area contributed by atoms with Crippen LogP contribution in [-0.4, -0.2) is 18.9 Å². The number of unbranched alkanes of at least 4 members (excludes halogenated alkanes) is 4. The number of hydrogen-bond donors (Lipinski definition) is 1. The Bertz CT molecular complexity index is 109. The van der Waals surface area contributed by atoms with Crippen molar-refractivity contribution in [2.24, 2.45) is 0 Å². The van der Waals surface area contributed by atoms with Gasteiger partial charge in [0.1, 0.15) is 0 Å². The first-order valence-electron chi connectivity index (χ1n) is 4.19. The maximum Gasteiger partial charge on any atom is 0.303 e. The number of rotatable bonds is 7. The minimum absolute atomic E-state index is 0. The molecular weight excluding hydrogens is 228 g/mol. The normalized spacial score (nSPS) is 9.00. The van der Waals surface area contributed by atoms with Crippen LogP contribution in [0.15, 0.2) is 0 Å². The molecule has 0 aliphatic carbocycles. The van der Waals surface area contributed by atoms with Crippen LogP contribution >= 0.6 is 0 Å². The minimum Gasteiger partial charge on any atom is -0.481 e. The Labute approximate surface area is 101 Å². The molecule has 65 valence electrons. The van der Waals surface area contributed by atoms with Crippen LogP contribution < -0.4 is 0 Å². The van der Waals surface area contributed by atoms with E-state index in [1.165, 1.54) is 0 Å². The first-order valence-corrected chi connectivity index (χ1v) is 4.19. The third kappa shape index (κ3) is 13.2. The van der Waals surface area contributed by atoms with Gasteiger partial charge in [-0.3, -0.25) is 4.79 Å². The van der Waals surface area contributed by atoms with E-state index in [4.69, 9.17) is 13.0 Å². The SMILES string of the molecule is [B]CCCCCCCC(=O)O.[Y]. The summed E-state index contributed by atoms with van der Waals surface area (Å²) >= 11 is 0. The van der Waals surface area contributed by atoms with E-state index in [0.29, 0.717) is 6.42 Å². The maximum atomic E-state index is 10.1. The van der Waals surface area contributed by atoms with Gasteiger partial charge < -0.3 is 5.11 Å². The predicted molar refractivity (Wildman–Crippen MR) is 45.9 cm³/mol. The van der Waals surface area contributed by atoms with Crippen LogP contribution in [0.2, 0.25) is 6.32 Å². The number of carboxylic acid groups (broad SMARTS) is 1. The van der Waals surface area contributed by atoms with Crippen molar-refractivity contribution in [1.29, 1.82) is 0 Å². The second-order valence-electron chi connectivity index (χ2n) is 2.70. The van der Waals surface area contributed by atoms with Crippen molar-refractivity contribution in [2.45, 2.75) is 44.8 Å². The molecule has 0 spiro atoms. The zero-order chi connectivity index (χ0) is 8.53. The molecule has 1 N–H and O–H groups in total. The van der Waals surface area contributed by atoms with Crippen LogP contribution in [0.4, 0.5) is 0 Å². The Hall–Kier alpha value is 0.639. The monoisotopic (exact) mass is 243 g/mol. The fraction of sp³-hybridized carbons (Fsp3) is 0.875. The van der Waals surface area contributed by atoms with Crippen LogP contribution in [0.5, 0.6) is 0 Å². The van der Waals surface area contributed by atoms with E-state index < -0.39 is 5.97 Å². The average molecular weight is 243 g/mol. The maximum absolute atomic E-state index is 10.1. The minimum atomic E-state index is -0.691. The van der Waals surface area contributed by atoms with Crippen LogP contribution in [0.1, 0.15) is 38.5 Å². The Morgan fingerprint density at radius 3 is 2.08 bits per heavy atom. The van der Waals surface area contributed by atoms with Crippen molar-refractivity contribution in [2.75, 3.05) is 0 Å². The molecule has 4 heteroatoms. The largest absolute Gasteiger partial charge is 0.481 e. The Morgan fingerprint density at radius 1 is 1.08 bits per heavy atom.